The van der Waals surface area contributed by atoms with Gasteiger partial charge in [-0.05, 0) is 28.1 Å². The van der Waals surface area contributed by atoms with Crippen molar-refractivity contribution in [1.29, 1.82) is 0 Å². The summed E-state index contributed by atoms with van der Waals surface area (Å²) in [7, 11) is 3.19. The number of anilines is 2. The van der Waals surface area contributed by atoms with Gasteiger partial charge in [0.2, 0.25) is 0 Å². The molecule has 0 saturated heterocycles. The number of rotatable bonds is 4. The highest BCUT2D eigenvalue weighted by Crippen LogP contribution is 2.27. The van der Waals surface area contributed by atoms with Crippen molar-refractivity contribution >= 4 is 61.6 Å². The third-order valence-corrected chi connectivity index (χ3v) is 5.24. The van der Waals surface area contributed by atoms with E-state index >= 15 is 0 Å². The van der Waals surface area contributed by atoms with Crippen molar-refractivity contribution < 1.29 is 8.76 Å². The van der Waals surface area contributed by atoms with Gasteiger partial charge in [0.25, 0.3) is 0 Å². The topological polar surface area (TPSA) is 82.3 Å². The van der Waals surface area contributed by atoms with Crippen LogP contribution >= 0.6 is 27.5 Å². The molecule has 0 saturated carbocycles. The standard InChI is InChI=1S/C14H13BrClN5O2S/c1-21(2,24(22)23)10-5-3-9(4-6-10)18-13-7-12(16)19-14-11(15)8-17-20(13)14/h3-8,18H,1-2H3. The van der Waals surface area contributed by atoms with E-state index in [0.29, 0.717) is 22.3 Å². The molecule has 2 aromatic heterocycles. The maximum absolute atomic E-state index is 11.3. The normalized spacial score (nSPS) is 13.2. The van der Waals surface area contributed by atoms with E-state index in [2.05, 4.69) is 31.3 Å². The Bertz CT molecular complexity index is 929. The average molecular weight is 431 g/mol. The van der Waals surface area contributed by atoms with E-state index in [1.165, 1.54) is 0 Å². The van der Waals surface area contributed by atoms with Crippen LogP contribution in [0.5, 0.6) is 0 Å². The molecule has 1 N–H and O–H groups in total. The van der Waals surface area contributed by atoms with Crippen molar-refractivity contribution in [1.82, 2.24) is 18.5 Å². The first-order valence-electron chi connectivity index (χ1n) is 6.80. The summed E-state index contributed by atoms with van der Waals surface area (Å²) in [5.41, 5.74) is 2.01. The maximum Gasteiger partial charge on any atom is 0.173 e. The van der Waals surface area contributed by atoms with Crippen molar-refractivity contribution in [2.75, 3.05) is 19.4 Å². The molecule has 1 atom stereocenters. The fourth-order valence-electron chi connectivity index (χ4n) is 2.13. The van der Waals surface area contributed by atoms with Gasteiger partial charge in [0.05, 0.1) is 24.8 Å². The number of hydrogen-bond donors (Lipinski definition) is 1. The van der Waals surface area contributed by atoms with Gasteiger partial charge in [-0.25, -0.2) is 13.1 Å². The fraction of sp³-hybridized carbons (Fsp3) is 0.143. The Morgan fingerprint density at radius 3 is 2.62 bits per heavy atom. The van der Waals surface area contributed by atoms with E-state index in [0.717, 1.165) is 10.2 Å². The quantitative estimate of drug-likeness (QED) is 0.390. The smallest absolute Gasteiger partial charge is 0.173 e. The number of nitrogens with zero attached hydrogens (tertiary/aromatic N) is 4. The van der Waals surface area contributed by atoms with Gasteiger partial charge in [-0.1, -0.05) is 11.6 Å². The number of nitrogens with one attached hydrogen (secondary N) is 1. The summed E-state index contributed by atoms with van der Waals surface area (Å²) in [6, 6.07) is 8.74. The second-order valence-corrected chi connectivity index (χ2v) is 8.02. The third-order valence-electron chi connectivity index (χ3n) is 3.53. The summed E-state index contributed by atoms with van der Waals surface area (Å²) < 4.78 is 24.7. The molecule has 0 aliphatic carbocycles. The first-order valence-corrected chi connectivity index (χ1v) is 9.00. The number of quaternary nitrogens is 1. The van der Waals surface area contributed by atoms with Crippen molar-refractivity contribution in [3.8, 4) is 0 Å². The molecule has 126 valence electrons. The molecule has 0 fully saturated rings. The van der Waals surface area contributed by atoms with Gasteiger partial charge in [0.1, 0.15) is 16.7 Å². The lowest BCUT2D eigenvalue weighted by molar-refractivity contribution is 0.465. The molecule has 1 unspecified atom stereocenters. The van der Waals surface area contributed by atoms with Crippen molar-refractivity contribution in [2.45, 2.75) is 0 Å². The van der Waals surface area contributed by atoms with Crippen molar-refractivity contribution in [3.05, 3.63) is 46.2 Å². The van der Waals surface area contributed by atoms with Gasteiger partial charge < -0.3 is 9.87 Å². The molecule has 0 aliphatic rings. The second kappa shape index (κ2) is 6.41. The average Bonchev–Trinajstić information content (AvgIpc) is 2.89. The minimum Gasteiger partial charge on any atom is -0.724 e. The second-order valence-electron chi connectivity index (χ2n) is 5.43. The number of hydrogen-bond acceptors (Lipinski definition) is 5. The lowest BCUT2D eigenvalue weighted by atomic mass is 10.2. The van der Waals surface area contributed by atoms with Crippen LogP contribution in [0.2, 0.25) is 5.15 Å². The molecule has 7 nitrogen and oxygen atoms in total. The predicted octanol–water partition coefficient (Wildman–Crippen LogP) is 3.25. The first kappa shape index (κ1) is 17.3. The van der Waals surface area contributed by atoms with E-state index in [4.69, 9.17) is 11.6 Å². The largest absolute Gasteiger partial charge is 0.724 e. The molecule has 2 heterocycles. The Morgan fingerprint density at radius 2 is 2.00 bits per heavy atom. The van der Waals surface area contributed by atoms with Crippen LogP contribution in [0, 0.1) is 0 Å². The highest BCUT2D eigenvalue weighted by atomic mass is 79.9. The van der Waals surface area contributed by atoms with E-state index in [9.17, 15) is 8.76 Å². The Labute approximate surface area is 154 Å². The van der Waals surface area contributed by atoms with Gasteiger partial charge in [0, 0.05) is 23.9 Å². The molecular formula is C14H13BrClN5O2S. The highest BCUT2D eigenvalue weighted by Gasteiger charge is 2.20. The molecule has 10 heteroatoms. The van der Waals surface area contributed by atoms with Gasteiger partial charge in [0.15, 0.2) is 16.9 Å². The minimum absolute atomic E-state index is 0.252. The summed E-state index contributed by atoms with van der Waals surface area (Å²) in [5, 5.41) is 7.78. The molecule has 0 amide bonds. The highest BCUT2D eigenvalue weighted by molar-refractivity contribution is 9.10. The van der Waals surface area contributed by atoms with E-state index in [1.54, 1.807) is 55.1 Å². The first-order chi connectivity index (χ1) is 11.3. The zero-order valence-corrected chi connectivity index (χ0v) is 15.9. The zero-order valence-electron chi connectivity index (χ0n) is 12.7. The summed E-state index contributed by atoms with van der Waals surface area (Å²) in [5.74, 6) is 0.643. The summed E-state index contributed by atoms with van der Waals surface area (Å²) >= 11 is 7.16. The molecule has 24 heavy (non-hydrogen) atoms. The molecule has 0 spiro atoms. The van der Waals surface area contributed by atoms with Crippen LogP contribution in [0.3, 0.4) is 0 Å². The van der Waals surface area contributed by atoms with E-state index in [1.807, 2.05) is 0 Å². The SMILES string of the molecule is C[N+](C)(c1ccc(Nc2cc(Cl)nc3c(Br)cnn23)cc1)S(=O)[O-]. The molecule has 0 bridgehead atoms. The van der Waals surface area contributed by atoms with Crippen LogP contribution in [-0.2, 0) is 11.3 Å². The Kier molecular flexibility index (Phi) is 4.63. The summed E-state index contributed by atoms with van der Waals surface area (Å²) in [6.07, 6.45) is 1.64. The van der Waals surface area contributed by atoms with Crippen molar-refractivity contribution in [2.24, 2.45) is 0 Å². The van der Waals surface area contributed by atoms with E-state index < -0.39 is 11.3 Å². The molecule has 0 aliphatic heterocycles. The van der Waals surface area contributed by atoms with Gasteiger partial charge >= 0.3 is 0 Å². The lowest BCUT2D eigenvalue weighted by Gasteiger charge is -2.29. The fourth-order valence-corrected chi connectivity index (χ4v) is 2.96. The lowest BCUT2D eigenvalue weighted by Crippen LogP contribution is -2.41. The molecule has 3 aromatic rings. The minimum atomic E-state index is -2.27. The number of benzene rings is 1. The van der Waals surface area contributed by atoms with Crippen LogP contribution in [0.25, 0.3) is 5.65 Å². The maximum atomic E-state index is 11.3. The number of aromatic nitrogens is 3. The van der Waals surface area contributed by atoms with Crippen LogP contribution in [0.4, 0.5) is 17.2 Å². The van der Waals surface area contributed by atoms with Crippen LogP contribution in [0.1, 0.15) is 0 Å². The van der Waals surface area contributed by atoms with Crippen LogP contribution in [0.15, 0.2) is 41.0 Å². The van der Waals surface area contributed by atoms with Crippen molar-refractivity contribution in [3.63, 3.8) is 0 Å². The molecule has 3 rings (SSSR count). The Hall–Kier alpha value is -1.52. The van der Waals surface area contributed by atoms with Gasteiger partial charge in [-0.2, -0.15) is 9.61 Å². The van der Waals surface area contributed by atoms with Gasteiger partial charge in [-0.15, -0.1) is 0 Å². The number of halogens is 2. The molecule has 1 aromatic carbocycles. The molecular weight excluding hydrogens is 418 g/mol. The predicted molar refractivity (Wildman–Crippen MR) is 98.0 cm³/mol. The number of fused-ring (bicyclic) bond motifs is 1. The van der Waals surface area contributed by atoms with Crippen LogP contribution < -0.4 is 9.21 Å². The Balaban J connectivity index is 1.94. The Morgan fingerprint density at radius 1 is 1.33 bits per heavy atom. The zero-order chi connectivity index (χ0) is 17.5. The third kappa shape index (κ3) is 3.17. The van der Waals surface area contributed by atoms with E-state index in [-0.39, 0.29) is 3.89 Å². The van der Waals surface area contributed by atoms with Crippen LogP contribution in [-0.4, -0.2) is 37.5 Å². The monoisotopic (exact) mass is 429 g/mol. The molecule has 0 radical (unpaired) electrons. The van der Waals surface area contributed by atoms with Gasteiger partial charge in [-0.3, -0.25) is 0 Å². The summed E-state index contributed by atoms with van der Waals surface area (Å²) in [6.45, 7) is 0. The summed E-state index contributed by atoms with van der Waals surface area (Å²) in [4.78, 5) is 4.21.